The summed E-state index contributed by atoms with van der Waals surface area (Å²) < 4.78 is 9.40. The minimum atomic E-state index is -0.661. The number of carbonyl (C=O) groups is 3. The van der Waals surface area contributed by atoms with E-state index in [4.69, 9.17) is 9.47 Å². The van der Waals surface area contributed by atoms with Crippen LogP contribution in [-0.4, -0.2) is 50.5 Å². The second kappa shape index (κ2) is 5.79. The zero-order valence-corrected chi connectivity index (χ0v) is 14.7. The summed E-state index contributed by atoms with van der Waals surface area (Å²) in [6.45, 7) is 6.77. The normalized spacial score (nSPS) is 29.9. The number of hydrogen-bond donors (Lipinski definition) is 0. The lowest BCUT2D eigenvalue weighted by atomic mass is 9.98. The van der Waals surface area contributed by atoms with Crippen LogP contribution >= 0.6 is 27.7 Å². The molecule has 0 saturated carbocycles. The van der Waals surface area contributed by atoms with E-state index in [0.717, 1.165) is 0 Å². The van der Waals surface area contributed by atoms with Crippen LogP contribution < -0.4 is 0 Å². The molecule has 2 rings (SSSR count). The van der Waals surface area contributed by atoms with E-state index >= 15 is 0 Å². The fourth-order valence-electron chi connectivity index (χ4n) is 2.34. The minimum absolute atomic E-state index is 0.0525. The highest BCUT2D eigenvalue weighted by atomic mass is 79.9. The Morgan fingerprint density at radius 2 is 2.00 bits per heavy atom. The fraction of sp³-hybridized carbons (Fsp3) is 0.769. The summed E-state index contributed by atoms with van der Waals surface area (Å²) in [5, 5.41) is -0.0525. The Kier molecular flexibility index (Phi) is 4.58. The lowest BCUT2D eigenvalue weighted by molar-refractivity contribution is -0.176. The maximum Gasteiger partial charge on any atom is 0.333 e. The molecule has 0 bridgehead atoms. The Morgan fingerprint density at radius 3 is 2.57 bits per heavy atom. The summed E-state index contributed by atoms with van der Waals surface area (Å²) in [6, 6.07) is -0.661. The van der Waals surface area contributed by atoms with Crippen LogP contribution in [0.5, 0.6) is 0 Å². The average Bonchev–Trinajstić information content (AvgIpc) is 2.66. The van der Waals surface area contributed by atoms with Gasteiger partial charge in [0.05, 0.1) is 5.92 Å². The molecule has 2 saturated heterocycles. The molecule has 2 aliphatic heterocycles. The van der Waals surface area contributed by atoms with Gasteiger partial charge in [0, 0.05) is 4.75 Å². The predicted octanol–water partition coefficient (Wildman–Crippen LogP) is 1.51. The number of alkyl halides is 1. The molecule has 21 heavy (non-hydrogen) atoms. The van der Waals surface area contributed by atoms with Gasteiger partial charge in [-0.1, -0.05) is 29.8 Å². The van der Waals surface area contributed by atoms with Gasteiger partial charge in [0.15, 0.2) is 0 Å². The third-order valence-electron chi connectivity index (χ3n) is 3.47. The maximum atomic E-state index is 12.2. The minimum Gasteiger partial charge on any atom is -0.428 e. The molecule has 0 N–H and O–H groups in total. The molecule has 8 heteroatoms. The Hall–Kier alpha value is -0.760. The van der Waals surface area contributed by atoms with Crippen molar-refractivity contribution in [2.45, 2.75) is 48.7 Å². The van der Waals surface area contributed by atoms with Crippen molar-refractivity contribution in [3.63, 3.8) is 0 Å². The number of rotatable bonds is 4. The number of thioether (sulfide) groups is 1. The molecule has 3 atom stereocenters. The van der Waals surface area contributed by atoms with Crippen LogP contribution in [0.2, 0.25) is 0 Å². The second-order valence-corrected chi connectivity index (χ2v) is 8.62. The van der Waals surface area contributed by atoms with Gasteiger partial charge in [-0.15, -0.1) is 11.8 Å². The number of amides is 1. The molecular weight excluding hydrogens is 362 g/mol. The van der Waals surface area contributed by atoms with Gasteiger partial charge in [-0.2, -0.15) is 0 Å². The second-order valence-electron chi connectivity index (χ2n) is 5.86. The summed E-state index contributed by atoms with van der Waals surface area (Å²) >= 11 is 4.88. The summed E-state index contributed by atoms with van der Waals surface area (Å²) in [5.41, 5.74) is 0. The number of carbonyl (C=O) groups excluding carboxylic acids is 3. The SMILES string of the molecule is CC(C)C(=O)OCOC(=O)[C@@H]1N2C(=O)[C@@H](Br)[C@H]2SC1(C)C. The van der Waals surface area contributed by atoms with Crippen molar-refractivity contribution in [3.05, 3.63) is 0 Å². The van der Waals surface area contributed by atoms with Gasteiger partial charge in [-0.05, 0) is 13.8 Å². The van der Waals surface area contributed by atoms with E-state index in [1.807, 2.05) is 13.8 Å². The van der Waals surface area contributed by atoms with Gasteiger partial charge < -0.3 is 14.4 Å². The standard InChI is InChI=1S/C13H18BrNO5S/c1-6(2)11(17)19-5-20-12(18)8-13(3,4)21-10-7(14)9(16)15(8)10/h6-8,10H,5H2,1-4H3/t7-,8+,10-/m1/s1. The highest BCUT2D eigenvalue weighted by molar-refractivity contribution is 9.10. The van der Waals surface area contributed by atoms with E-state index in [-0.39, 0.29) is 22.0 Å². The topological polar surface area (TPSA) is 72.9 Å². The number of fused-ring (bicyclic) bond motifs is 1. The van der Waals surface area contributed by atoms with Gasteiger partial charge in [0.1, 0.15) is 16.2 Å². The molecule has 2 heterocycles. The zero-order chi connectivity index (χ0) is 15.9. The van der Waals surface area contributed by atoms with E-state index in [9.17, 15) is 14.4 Å². The molecule has 1 amide bonds. The van der Waals surface area contributed by atoms with Gasteiger partial charge in [-0.3, -0.25) is 9.59 Å². The predicted molar refractivity (Wildman–Crippen MR) is 80.7 cm³/mol. The van der Waals surface area contributed by atoms with E-state index in [2.05, 4.69) is 15.9 Å². The molecular formula is C13H18BrNO5S. The molecule has 0 aromatic heterocycles. The van der Waals surface area contributed by atoms with Crippen LogP contribution in [-0.2, 0) is 23.9 Å². The molecule has 2 fully saturated rings. The number of β-lactam (4-membered cyclic amide) rings is 1. The first-order valence-corrected chi connectivity index (χ1v) is 8.43. The summed E-state index contributed by atoms with van der Waals surface area (Å²) in [4.78, 5) is 36.7. The molecule has 0 aromatic rings. The Morgan fingerprint density at radius 1 is 1.38 bits per heavy atom. The maximum absolute atomic E-state index is 12.2. The van der Waals surface area contributed by atoms with Crippen LogP contribution in [0.15, 0.2) is 0 Å². The number of nitrogens with zero attached hydrogens (tertiary/aromatic N) is 1. The van der Waals surface area contributed by atoms with Crippen LogP contribution in [0, 0.1) is 5.92 Å². The highest BCUT2D eigenvalue weighted by Gasteiger charge is 2.63. The van der Waals surface area contributed by atoms with Gasteiger partial charge in [0.25, 0.3) is 0 Å². The molecule has 0 spiro atoms. The van der Waals surface area contributed by atoms with Crippen molar-refractivity contribution in [2.75, 3.05) is 6.79 Å². The first-order valence-electron chi connectivity index (χ1n) is 6.64. The third-order valence-corrected chi connectivity index (χ3v) is 6.29. The molecule has 0 aliphatic carbocycles. The highest BCUT2D eigenvalue weighted by Crippen LogP contribution is 2.52. The first-order chi connectivity index (χ1) is 9.66. The number of hydrogen-bond acceptors (Lipinski definition) is 6. The van der Waals surface area contributed by atoms with Crippen molar-refractivity contribution in [2.24, 2.45) is 5.92 Å². The Balaban J connectivity index is 1.95. The van der Waals surface area contributed by atoms with E-state index in [1.165, 1.54) is 4.90 Å². The summed E-state index contributed by atoms with van der Waals surface area (Å²) in [6.07, 6.45) is 0. The van der Waals surface area contributed by atoms with Crippen LogP contribution in [0.25, 0.3) is 0 Å². The Labute approximate surface area is 136 Å². The molecule has 118 valence electrons. The fourth-order valence-corrected chi connectivity index (χ4v) is 4.69. The average molecular weight is 380 g/mol. The lowest BCUT2D eigenvalue weighted by Gasteiger charge is -2.41. The summed E-state index contributed by atoms with van der Waals surface area (Å²) in [7, 11) is 0. The van der Waals surface area contributed by atoms with Crippen LogP contribution in [0.4, 0.5) is 0 Å². The van der Waals surface area contributed by atoms with Gasteiger partial charge in [-0.25, -0.2) is 4.79 Å². The van der Waals surface area contributed by atoms with Crippen molar-refractivity contribution in [3.8, 4) is 0 Å². The van der Waals surface area contributed by atoms with Crippen molar-refractivity contribution >= 4 is 45.5 Å². The molecule has 2 aliphatic rings. The monoisotopic (exact) mass is 379 g/mol. The lowest BCUT2D eigenvalue weighted by Crippen LogP contribution is -2.63. The number of esters is 2. The van der Waals surface area contributed by atoms with Gasteiger partial charge >= 0.3 is 11.9 Å². The Bertz CT molecular complexity index is 481. The molecule has 0 radical (unpaired) electrons. The van der Waals surface area contributed by atoms with E-state index in [1.54, 1.807) is 25.6 Å². The quantitative estimate of drug-likeness (QED) is 0.319. The van der Waals surface area contributed by atoms with E-state index in [0.29, 0.717) is 0 Å². The van der Waals surface area contributed by atoms with Crippen LogP contribution in [0.1, 0.15) is 27.7 Å². The molecule has 0 aromatic carbocycles. The van der Waals surface area contributed by atoms with Gasteiger partial charge in [0.2, 0.25) is 12.7 Å². The van der Waals surface area contributed by atoms with Crippen molar-refractivity contribution in [1.82, 2.24) is 4.90 Å². The molecule has 6 nitrogen and oxygen atoms in total. The number of halogens is 1. The van der Waals surface area contributed by atoms with Crippen LogP contribution in [0.3, 0.4) is 0 Å². The largest absolute Gasteiger partial charge is 0.428 e. The third kappa shape index (κ3) is 2.92. The van der Waals surface area contributed by atoms with Crippen molar-refractivity contribution < 1.29 is 23.9 Å². The molecule has 0 unspecified atom stereocenters. The van der Waals surface area contributed by atoms with E-state index < -0.39 is 29.5 Å². The smallest absolute Gasteiger partial charge is 0.333 e. The number of ether oxygens (including phenoxy) is 2. The van der Waals surface area contributed by atoms with Crippen molar-refractivity contribution in [1.29, 1.82) is 0 Å². The summed E-state index contributed by atoms with van der Waals surface area (Å²) in [5.74, 6) is -1.36. The first kappa shape index (κ1) is 16.6. The zero-order valence-electron chi connectivity index (χ0n) is 12.3.